The van der Waals surface area contributed by atoms with Crippen LogP contribution in [0.4, 0.5) is 0 Å². The van der Waals surface area contributed by atoms with Gasteiger partial charge in [0, 0.05) is 6.20 Å². The molecular weight excluding hydrogens is 172 g/mol. The average molecular weight is 190 g/mol. The predicted molar refractivity (Wildman–Crippen MR) is 58.2 cm³/mol. The molecule has 1 fully saturated rings. The van der Waals surface area contributed by atoms with E-state index in [4.69, 9.17) is 0 Å². The third kappa shape index (κ3) is 1.80. The highest BCUT2D eigenvalue weighted by atomic mass is 15.1. The SMILES string of the molecule is Cc1cccnc1[C@H]1CCCCN1C. The molecule has 76 valence electrons. The second-order valence-electron chi connectivity index (χ2n) is 4.20. The summed E-state index contributed by atoms with van der Waals surface area (Å²) in [5, 5.41) is 0. The molecule has 14 heavy (non-hydrogen) atoms. The van der Waals surface area contributed by atoms with Gasteiger partial charge in [-0.2, -0.15) is 0 Å². The van der Waals surface area contributed by atoms with Crippen molar-refractivity contribution in [1.82, 2.24) is 9.88 Å². The normalized spacial score (nSPS) is 23.7. The molecule has 0 bridgehead atoms. The van der Waals surface area contributed by atoms with E-state index in [1.54, 1.807) is 0 Å². The average Bonchev–Trinajstić information content (AvgIpc) is 2.20. The fourth-order valence-corrected chi connectivity index (χ4v) is 2.27. The van der Waals surface area contributed by atoms with Crippen molar-refractivity contribution < 1.29 is 0 Å². The van der Waals surface area contributed by atoms with Gasteiger partial charge in [-0.3, -0.25) is 9.88 Å². The third-order valence-electron chi connectivity index (χ3n) is 3.14. The molecule has 0 spiro atoms. The molecule has 2 nitrogen and oxygen atoms in total. The van der Waals surface area contributed by atoms with E-state index in [1.807, 2.05) is 12.3 Å². The van der Waals surface area contributed by atoms with Crippen LogP contribution in [-0.2, 0) is 0 Å². The van der Waals surface area contributed by atoms with Gasteiger partial charge in [0.15, 0.2) is 0 Å². The second kappa shape index (κ2) is 4.09. The maximum Gasteiger partial charge on any atom is 0.0604 e. The van der Waals surface area contributed by atoms with Crippen LogP contribution in [0.1, 0.15) is 36.6 Å². The lowest BCUT2D eigenvalue weighted by molar-refractivity contribution is 0.183. The highest BCUT2D eigenvalue weighted by Gasteiger charge is 2.22. The molecule has 0 amide bonds. The van der Waals surface area contributed by atoms with Crippen LogP contribution in [0.3, 0.4) is 0 Å². The van der Waals surface area contributed by atoms with Crippen molar-refractivity contribution in [3.8, 4) is 0 Å². The number of pyridine rings is 1. The Morgan fingerprint density at radius 2 is 2.29 bits per heavy atom. The molecular formula is C12H18N2. The Hall–Kier alpha value is -0.890. The maximum absolute atomic E-state index is 4.51. The Morgan fingerprint density at radius 3 is 3.00 bits per heavy atom. The zero-order valence-corrected chi connectivity index (χ0v) is 9.03. The van der Waals surface area contributed by atoms with Gasteiger partial charge in [0.25, 0.3) is 0 Å². The van der Waals surface area contributed by atoms with Crippen LogP contribution in [-0.4, -0.2) is 23.5 Å². The molecule has 2 heteroatoms. The van der Waals surface area contributed by atoms with Crippen LogP contribution < -0.4 is 0 Å². The van der Waals surface area contributed by atoms with Crippen molar-refractivity contribution in [1.29, 1.82) is 0 Å². The van der Waals surface area contributed by atoms with E-state index in [2.05, 4.69) is 29.9 Å². The smallest absolute Gasteiger partial charge is 0.0604 e. The topological polar surface area (TPSA) is 16.1 Å². The molecule has 1 aromatic heterocycles. The van der Waals surface area contributed by atoms with Gasteiger partial charge in [-0.15, -0.1) is 0 Å². The number of aromatic nitrogens is 1. The summed E-state index contributed by atoms with van der Waals surface area (Å²) in [5.41, 5.74) is 2.60. The number of rotatable bonds is 1. The number of piperidine rings is 1. The minimum Gasteiger partial charge on any atom is -0.298 e. The number of hydrogen-bond acceptors (Lipinski definition) is 2. The first-order chi connectivity index (χ1) is 6.79. The highest BCUT2D eigenvalue weighted by molar-refractivity contribution is 5.21. The van der Waals surface area contributed by atoms with Crippen molar-refractivity contribution in [3.63, 3.8) is 0 Å². The lowest BCUT2D eigenvalue weighted by Gasteiger charge is -2.32. The van der Waals surface area contributed by atoms with E-state index in [0.29, 0.717) is 6.04 Å². The molecule has 0 radical (unpaired) electrons. The lowest BCUT2D eigenvalue weighted by atomic mass is 9.97. The van der Waals surface area contributed by atoms with E-state index in [-0.39, 0.29) is 0 Å². The van der Waals surface area contributed by atoms with Crippen LogP contribution in [0, 0.1) is 6.92 Å². The number of nitrogens with zero attached hydrogens (tertiary/aromatic N) is 2. The zero-order valence-electron chi connectivity index (χ0n) is 9.03. The van der Waals surface area contributed by atoms with Crippen LogP contribution in [0.15, 0.2) is 18.3 Å². The summed E-state index contributed by atoms with van der Waals surface area (Å²) in [7, 11) is 2.21. The van der Waals surface area contributed by atoms with Crippen molar-refractivity contribution in [2.75, 3.05) is 13.6 Å². The van der Waals surface area contributed by atoms with E-state index in [9.17, 15) is 0 Å². The molecule has 1 aliphatic heterocycles. The summed E-state index contributed by atoms with van der Waals surface area (Å²) in [6, 6.07) is 4.72. The standard InChI is InChI=1S/C12H18N2/c1-10-6-5-8-13-12(10)11-7-3-4-9-14(11)2/h5-6,8,11H,3-4,7,9H2,1-2H3/t11-/m1/s1. The quantitative estimate of drug-likeness (QED) is 0.676. The Bertz CT molecular complexity index is 309. The largest absolute Gasteiger partial charge is 0.298 e. The fraction of sp³-hybridized carbons (Fsp3) is 0.583. The summed E-state index contributed by atoms with van der Waals surface area (Å²) < 4.78 is 0. The van der Waals surface area contributed by atoms with Crippen molar-refractivity contribution in [2.24, 2.45) is 0 Å². The number of likely N-dealkylation sites (tertiary alicyclic amines) is 1. The van der Waals surface area contributed by atoms with Gasteiger partial charge in [-0.1, -0.05) is 12.5 Å². The fourth-order valence-electron chi connectivity index (χ4n) is 2.27. The van der Waals surface area contributed by atoms with Gasteiger partial charge >= 0.3 is 0 Å². The molecule has 0 N–H and O–H groups in total. The molecule has 1 saturated heterocycles. The molecule has 0 aromatic carbocycles. The van der Waals surface area contributed by atoms with Crippen molar-refractivity contribution in [3.05, 3.63) is 29.6 Å². The molecule has 2 heterocycles. The van der Waals surface area contributed by atoms with Crippen molar-refractivity contribution in [2.45, 2.75) is 32.2 Å². The van der Waals surface area contributed by atoms with Gasteiger partial charge in [-0.05, 0) is 45.0 Å². The Kier molecular flexibility index (Phi) is 2.82. The maximum atomic E-state index is 4.51. The summed E-state index contributed by atoms with van der Waals surface area (Å²) in [6.07, 6.45) is 5.84. The van der Waals surface area contributed by atoms with E-state index < -0.39 is 0 Å². The summed E-state index contributed by atoms with van der Waals surface area (Å²) in [5.74, 6) is 0. The number of aryl methyl sites for hydroxylation is 1. The Labute approximate surface area is 86.0 Å². The highest BCUT2D eigenvalue weighted by Crippen LogP contribution is 2.29. The van der Waals surface area contributed by atoms with Gasteiger partial charge in [0.05, 0.1) is 11.7 Å². The van der Waals surface area contributed by atoms with Crippen LogP contribution in [0.5, 0.6) is 0 Å². The Morgan fingerprint density at radius 1 is 1.43 bits per heavy atom. The second-order valence-corrected chi connectivity index (χ2v) is 4.20. The van der Waals surface area contributed by atoms with Gasteiger partial charge in [0.1, 0.15) is 0 Å². The molecule has 2 rings (SSSR count). The van der Waals surface area contributed by atoms with E-state index in [1.165, 1.54) is 37.1 Å². The Balaban J connectivity index is 2.25. The molecule has 1 aliphatic rings. The number of hydrogen-bond donors (Lipinski definition) is 0. The first-order valence-corrected chi connectivity index (χ1v) is 5.41. The first-order valence-electron chi connectivity index (χ1n) is 5.41. The monoisotopic (exact) mass is 190 g/mol. The zero-order chi connectivity index (χ0) is 9.97. The van der Waals surface area contributed by atoms with Gasteiger partial charge in [0.2, 0.25) is 0 Å². The van der Waals surface area contributed by atoms with Gasteiger partial charge < -0.3 is 0 Å². The van der Waals surface area contributed by atoms with Crippen LogP contribution >= 0.6 is 0 Å². The molecule has 1 atom stereocenters. The third-order valence-corrected chi connectivity index (χ3v) is 3.14. The summed E-state index contributed by atoms with van der Waals surface area (Å²) >= 11 is 0. The molecule has 0 saturated carbocycles. The summed E-state index contributed by atoms with van der Waals surface area (Å²) in [4.78, 5) is 6.94. The van der Waals surface area contributed by atoms with Gasteiger partial charge in [-0.25, -0.2) is 0 Å². The minimum atomic E-state index is 0.546. The molecule has 0 unspecified atom stereocenters. The van der Waals surface area contributed by atoms with Crippen LogP contribution in [0.25, 0.3) is 0 Å². The lowest BCUT2D eigenvalue weighted by Crippen LogP contribution is -2.30. The summed E-state index contributed by atoms with van der Waals surface area (Å²) in [6.45, 7) is 3.37. The van der Waals surface area contributed by atoms with E-state index in [0.717, 1.165) is 0 Å². The molecule has 1 aromatic rings. The van der Waals surface area contributed by atoms with E-state index >= 15 is 0 Å². The first kappa shape index (κ1) is 9.66. The van der Waals surface area contributed by atoms with Crippen molar-refractivity contribution >= 4 is 0 Å². The predicted octanol–water partition coefficient (Wildman–Crippen LogP) is 2.55. The molecule has 0 aliphatic carbocycles. The van der Waals surface area contributed by atoms with Crippen LogP contribution in [0.2, 0.25) is 0 Å². The minimum absolute atomic E-state index is 0.546.